The number of hydrogen-bond acceptors (Lipinski definition) is 2. The Bertz CT molecular complexity index is 612. The number of amides is 1. The monoisotopic (exact) mass is 305 g/mol. The molecule has 3 rings (SSSR count). The smallest absolute Gasteiger partial charge is 0.261 e. The largest absolute Gasteiger partial charge is 0.347 e. The molecule has 2 aromatic rings. The van der Waals surface area contributed by atoms with E-state index in [2.05, 4.69) is 11.4 Å². The topological polar surface area (TPSA) is 29.1 Å². The lowest BCUT2D eigenvalue weighted by molar-refractivity contribution is 0.0955. The van der Waals surface area contributed by atoms with Gasteiger partial charge in [0.05, 0.1) is 4.88 Å². The molecule has 0 fully saturated rings. The van der Waals surface area contributed by atoms with Gasteiger partial charge in [-0.05, 0) is 48.9 Å². The van der Waals surface area contributed by atoms with Crippen LogP contribution in [0, 0.1) is 0 Å². The second-order valence-corrected chi connectivity index (χ2v) is 6.58. The summed E-state index contributed by atoms with van der Waals surface area (Å²) in [4.78, 5) is 14.4. The minimum absolute atomic E-state index is 0.00400. The first kappa shape index (κ1) is 13.7. The number of rotatable bonds is 3. The molecule has 0 saturated carbocycles. The highest BCUT2D eigenvalue weighted by molar-refractivity contribution is 7.14. The molecule has 0 aliphatic heterocycles. The molecule has 0 unspecified atom stereocenters. The van der Waals surface area contributed by atoms with Crippen LogP contribution in [0.1, 0.15) is 38.5 Å². The van der Waals surface area contributed by atoms with Gasteiger partial charge in [-0.3, -0.25) is 4.79 Å². The maximum absolute atomic E-state index is 12.2. The van der Waals surface area contributed by atoms with Crippen molar-refractivity contribution in [1.29, 1.82) is 0 Å². The first-order valence-corrected chi connectivity index (χ1v) is 8.06. The molecular formula is C16H16ClNOS. The van der Waals surface area contributed by atoms with Crippen LogP contribution in [-0.4, -0.2) is 5.91 Å². The third-order valence-corrected chi connectivity index (χ3v) is 5.22. The zero-order chi connectivity index (χ0) is 13.9. The standard InChI is InChI=1S/C16H16ClNOS/c17-13-7-3-1-6-12(13)10-18-16(19)15-9-11-5-2-4-8-14(11)20-15/h1,3,6-7,9H,2,4-5,8,10H2,(H,18,19). The quantitative estimate of drug-likeness (QED) is 0.904. The van der Waals surface area contributed by atoms with E-state index in [0.29, 0.717) is 11.6 Å². The molecule has 0 spiro atoms. The minimum Gasteiger partial charge on any atom is -0.347 e. The molecule has 0 bridgehead atoms. The fourth-order valence-electron chi connectivity index (χ4n) is 2.51. The lowest BCUT2D eigenvalue weighted by Gasteiger charge is -2.08. The minimum atomic E-state index is 0.00400. The second-order valence-electron chi connectivity index (χ2n) is 5.04. The van der Waals surface area contributed by atoms with E-state index in [-0.39, 0.29) is 5.91 Å². The Morgan fingerprint density at radius 3 is 2.85 bits per heavy atom. The van der Waals surface area contributed by atoms with Gasteiger partial charge in [0, 0.05) is 16.4 Å². The summed E-state index contributed by atoms with van der Waals surface area (Å²) in [5, 5.41) is 3.65. The molecule has 104 valence electrons. The molecule has 1 aliphatic carbocycles. The average molecular weight is 306 g/mol. The van der Waals surface area contributed by atoms with Gasteiger partial charge in [-0.1, -0.05) is 29.8 Å². The predicted molar refractivity (Wildman–Crippen MR) is 83.6 cm³/mol. The van der Waals surface area contributed by atoms with E-state index in [4.69, 9.17) is 11.6 Å². The number of carbonyl (C=O) groups is 1. The third kappa shape index (κ3) is 2.89. The second kappa shape index (κ2) is 5.98. The number of halogens is 1. The zero-order valence-corrected chi connectivity index (χ0v) is 12.7. The Morgan fingerprint density at radius 2 is 2.05 bits per heavy atom. The lowest BCUT2D eigenvalue weighted by atomic mass is 9.99. The van der Waals surface area contributed by atoms with Crippen LogP contribution in [0.15, 0.2) is 30.3 Å². The Hall–Kier alpha value is -1.32. The summed E-state index contributed by atoms with van der Waals surface area (Å²) >= 11 is 7.73. The van der Waals surface area contributed by atoms with Crippen LogP contribution in [0.3, 0.4) is 0 Å². The van der Waals surface area contributed by atoms with Crippen LogP contribution in [0.2, 0.25) is 5.02 Å². The van der Waals surface area contributed by atoms with Gasteiger partial charge in [0.1, 0.15) is 0 Å². The van der Waals surface area contributed by atoms with E-state index in [0.717, 1.165) is 23.3 Å². The normalized spacial score (nSPS) is 13.8. The van der Waals surface area contributed by atoms with Crippen molar-refractivity contribution in [3.63, 3.8) is 0 Å². The average Bonchev–Trinajstić information content (AvgIpc) is 2.90. The van der Waals surface area contributed by atoms with Gasteiger partial charge in [0.15, 0.2) is 0 Å². The summed E-state index contributed by atoms with van der Waals surface area (Å²) in [6.45, 7) is 0.473. The summed E-state index contributed by atoms with van der Waals surface area (Å²) in [7, 11) is 0. The van der Waals surface area contributed by atoms with Gasteiger partial charge in [-0.15, -0.1) is 11.3 Å². The van der Waals surface area contributed by atoms with Crippen LogP contribution in [0.25, 0.3) is 0 Å². The lowest BCUT2D eigenvalue weighted by Crippen LogP contribution is -2.21. The van der Waals surface area contributed by atoms with Gasteiger partial charge in [-0.25, -0.2) is 0 Å². The number of carbonyl (C=O) groups excluding carboxylic acids is 1. The number of nitrogens with one attached hydrogen (secondary N) is 1. The molecule has 1 heterocycles. The summed E-state index contributed by atoms with van der Waals surface area (Å²) in [6, 6.07) is 9.65. The Kier molecular flexibility index (Phi) is 4.08. The molecule has 1 amide bonds. The fourth-order valence-corrected chi connectivity index (χ4v) is 3.88. The number of aryl methyl sites for hydroxylation is 2. The third-order valence-electron chi connectivity index (χ3n) is 3.62. The molecule has 1 aromatic carbocycles. The molecule has 20 heavy (non-hydrogen) atoms. The predicted octanol–water partition coefficient (Wildman–Crippen LogP) is 4.21. The zero-order valence-electron chi connectivity index (χ0n) is 11.1. The van der Waals surface area contributed by atoms with E-state index in [1.807, 2.05) is 24.3 Å². The molecule has 1 aromatic heterocycles. The van der Waals surface area contributed by atoms with Crippen molar-refractivity contribution in [3.8, 4) is 0 Å². The Labute approximate surface area is 127 Å². The summed E-state index contributed by atoms with van der Waals surface area (Å²) in [5.74, 6) is 0.00400. The Morgan fingerprint density at radius 1 is 1.25 bits per heavy atom. The van der Waals surface area contributed by atoms with Crippen molar-refractivity contribution >= 4 is 28.8 Å². The van der Waals surface area contributed by atoms with Crippen LogP contribution in [0.5, 0.6) is 0 Å². The van der Waals surface area contributed by atoms with Gasteiger partial charge in [0.25, 0.3) is 5.91 Å². The van der Waals surface area contributed by atoms with Crippen molar-refractivity contribution in [2.45, 2.75) is 32.2 Å². The van der Waals surface area contributed by atoms with E-state index >= 15 is 0 Å². The highest BCUT2D eigenvalue weighted by Crippen LogP contribution is 2.29. The Balaban J connectivity index is 1.67. The maximum atomic E-state index is 12.2. The maximum Gasteiger partial charge on any atom is 0.261 e. The number of fused-ring (bicyclic) bond motifs is 1. The van der Waals surface area contributed by atoms with Crippen molar-refractivity contribution in [2.75, 3.05) is 0 Å². The van der Waals surface area contributed by atoms with Crippen LogP contribution >= 0.6 is 22.9 Å². The highest BCUT2D eigenvalue weighted by Gasteiger charge is 2.17. The molecular weight excluding hydrogens is 290 g/mol. The van der Waals surface area contributed by atoms with Gasteiger partial charge >= 0.3 is 0 Å². The van der Waals surface area contributed by atoms with Crippen LogP contribution in [0.4, 0.5) is 0 Å². The van der Waals surface area contributed by atoms with Crippen molar-refractivity contribution in [1.82, 2.24) is 5.32 Å². The number of benzene rings is 1. The van der Waals surface area contributed by atoms with E-state index < -0.39 is 0 Å². The fraction of sp³-hybridized carbons (Fsp3) is 0.312. The SMILES string of the molecule is O=C(NCc1ccccc1Cl)c1cc2c(s1)CCCC2. The highest BCUT2D eigenvalue weighted by atomic mass is 35.5. The molecule has 4 heteroatoms. The number of thiophene rings is 1. The molecule has 0 atom stereocenters. The van der Waals surface area contributed by atoms with Gasteiger partial charge in [-0.2, -0.15) is 0 Å². The summed E-state index contributed by atoms with van der Waals surface area (Å²) in [5.41, 5.74) is 2.31. The van der Waals surface area contributed by atoms with Crippen LogP contribution in [-0.2, 0) is 19.4 Å². The van der Waals surface area contributed by atoms with Crippen molar-refractivity contribution in [3.05, 3.63) is 56.2 Å². The van der Waals surface area contributed by atoms with Gasteiger partial charge in [0.2, 0.25) is 0 Å². The molecule has 0 saturated heterocycles. The summed E-state index contributed by atoms with van der Waals surface area (Å²) < 4.78 is 0. The van der Waals surface area contributed by atoms with Gasteiger partial charge < -0.3 is 5.32 Å². The first-order chi connectivity index (χ1) is 9.74. The van der Waals surface area contributed by atoms with Crippen molar-refractivity contribution in [2.24, 2.45) is 0 Å². The first-order valence-electron chi connectivity index (χ1n) is 6.87. The number of hydrogen-bond donors (Lipinski definition) is 1. The molecule has 0 radical (unpaired) electrons. The molecule has 1 N–H and O–H groups in total. The van der Waals surface area contributed by atoms with Crippen molar-refractivity contribution < 1.29 is 4.79 Å². The molecule has 2 nitrogen and oxygen atoms in total. The van der Waals surface area contributed by atoms with Crippen LogP contribution < -0.4 is 5.32 Å². The summed E-state index contributed by atoms with van der Waals surface area (Å²) in [6.07, 6.45) is 4.72. The van der Waals surface area contributed by atoms with E-state index in [9.17, 15) is 4.79 Å². The van der Waals surface area contributed by atoms with E-state index in [1.54, 1.807) is 11.3 Å². The molecule has 1 aliphatic rings. The van der Waals surface area contributed by atoms with E-state index in [1.165, 1.54) is 23.3 Å².